The lowest BCUT2D eigenvalue weighted by molar-refractivity contribution is -0.00706. The molecule has 3 heterocycles. The van der Waals surface area contributed by atoms with Gasteiger partial charge in [-0.15, -0.1) is 0 Å². The summed E-state index contributed by atoms with van der Waals surface area (Å²) in [7, 11) is 8.87. The first-order chi connectivity index (χ1) is 17.1. The van der Waals surface area contributed by atoms with Crippen molar-refractivity contribution in [2.45, 2.75) is 25.5 Å². The molecule has 1 aliphatic heterocycles. The summed E-state index contributed by atoms with van der Waals surface area (Å²) in [6, 6.07) is 15.9. The van der Waals surface area contributed by atoms with Crippen molar-refractivity contribution in [3.05, 3.63) is 80.6 Å². The topological polar surface area (TPSA) is 70.6 Å². The summed E-state index contributed by atoms with van der Waals surface area (Å²) in [5.74, 6) is 0.732. The summed E-state index contributed by atoms with van der Waals surface area (Å²) in [5.41, 5.74) is 3.95. The third-order valence-electron chi connectivity index (χ3n) is 7.14. The van der Waals surface area contributed by atoms with Gasteiger partial charge in [-0.1, -0.05) is 12.1 Å². The number of ether oxygens (including phenoxy) is 2. The van der Waals surface area contributed by atoms with E-state index in [4.69, 9.17) is 9.47 Å². The molecule has 188 valence electrons. The number of rotatable bonds is 4. The molecule has 2 aromatic heterocycles. The van der Waals surface area contributed by atoms with Gasteiger partial charge in [0.15, 0.2) is 0 Å². The fourth-order valence-electron chi connectivity index (χ4n) is 5.22. The first kappa shape index (κ1) is 23.9. The molecule has 0 spiro atoms. The molecule has 0 saturated heterocycles. The summed E-state index contributed by atoms with van der Waals surface area (Å²) >= 11 is 0. The SMILES string of the molecule is COc1ccc(-c2c3c(=O)n(C)c(=O)n(C)c3c3n2C(C)(C)CO[C@@H]3c2ccc(N(C)C)cc2)cc1. The van der Waals surface area contributed by atoms with Crippen LogP contribution in [0, 0.1) is 0 Å². The number of anilines is 1. The number of nitrogens with zero attached hydrogens (tertiary/aromatic N) is 4. The number of fused-ring (bicyclic) bond motifs is 3. The second-order valence-electron chi connectivity index (χ2n) is 10.2. The molecule has 8 heteroatoms. The number of benzene rings is 2. The van der Waals surface area contributed by atoms with E-state index in [1.807, 2.05) is 55.4 Å². The van der Waals surface area contributed by atoms with E-state index in [1.54, 1.807) is 18.7 Å². The van der Waals surface area contributed by atoms with Crippen LogP contribution in [0.1, 0.15) is 31.2 Å². The molecule has 4 aromatic rings. The Morgan fingerprint density at radius 3 is 2.19 bits per heavy atom. The maximum atomic E-state index is 13.7. The second-order valence-corrected chi connectivity index (χ2v) is 10.2. The van der Waals surface area contributed by atoms with E-state index >= 15 is 0 Å². The van der Waals surface area contributed by atoms with Crippen LogP contribution < -0.4 is 20.9 Å². The standard InChI is InChI=1S/C28H32N4O4/c1-28(2)16-36-25(18-8-12-19(13-9-18)29(3)4)24-23-21(26(33)31(6)27(34)30(23)5)22(32(24)28)17-10-14-20(35-7)15-11-17/h8-15,25H,16H2,1-7H3/t25-/m1/s1. The van der Waals surface area contributed by atoms with Crippen LogP contribution in [0.5, 0.6) is 5.75 Å². The van der Waals surface area contributed by atoms with Crippen molar-refractivity contribution in [2.24, 2.45) is 14.1 Å². The van der Waals surface area contributed by atoms with Crippen molar-refractivity contribution in [1.82, 2.24) is 13.7 Å². The van der Waals surface area contributed by atoms with Crippen molar-refractivity contribution < 1.29 is 9.47 Å². The number of hydrogen-bond donors (Lipinski definition) is 0. The number of aromatic nitrogens is 3. The average Bonchev–Trinajstić information content (AvgIpc) is 3.24. The Hall–Kier alpha value is -3.78. The van der Waals surface area contributed by atoms with E-state index in [0.717, 1.165) is 34.0 Å². The van der Waals surface area contributed by atoms with Crippen LogP contribution in [0.4, 0.5) is 5.69 Å². The van der Waals surface area contributed by atoms with Crippen LogP contribution in [0.2, 0.25) is 0 Å². The van der Waals surface area contributed by atoms with Crippen LogP contribution in [0.3, 0.4) is 0 Å². The van der Waals surface area contributed by atoms with Crippen molar-refractivity contribution >= 4 is 16.6 Å². The Balaban J connectivity index is 1.91. The van der Waals surface area contributed by atoms with Gasteiger partial charge < -0.3 is 18.9 Å². The number of aryl methyl sites for hydroxylation is 1. The lowest BCUT2D eigenvalue weighted by Crippen LogP contribution is -2.40. The molecular weight excluding hydrogens is 456 g/mol. The summed E-state index contributed by atoms with van der Waals surface area (Å²) < 4.78 is 16.8. The lowest BCUT2D eigenvalue weighted by Gasteiger charge is -2.39. The highest BCUT2D eigenvalue weighted by Gasteiger charge is 2.40. The first-order valence-electron chi connectivity index (χ1n) is 11.9. The van der Waals surface area contributed by atoms with Gasteiger partial charge in [0.2, 0.25) is 0 Å². The van der Waals surface area contributed by atoms with Gasteiger partial charge in [-0.25, -0.2) is 4.79 Å². The molecule has 36 heavy (non-hydrogen) atoms. The maximum absolute atomic E-state index is 13.7. The molecule has 1 atom stereocenters. The van der Waals surface area contributed by atoms with Gasteiger partial charge in [0.05, 0.1) is 41.5 Å². The van der Waals surface area contributed by atoms with Gasteiger partial charge in [0.25, 0.3) is 5.56 Å². The molecule has 2 aromatic carbocycles. The van der Waals surface area contributed by atoms with Crippen LogP contribution in [0.15, 0.2) is 58.1 Å². The minimum atomic E-state index is -0.468. The van der Waals surface area contributed by atoms with E-state index in [1.165, 1.54) is 11.6 Å². The number of methoxy groups -OCH3 is 1. The predicted molar refractivity (Wildman–Crippen MR) is 142 cm³/mol. The highest BCUT2D eigenvalue weighted by atomic mass is 16.5. The lowest BCUT2D eigenvalue weighted by atomic mass is 9.98. The molecular formula is C28H32N4O4. The molecule has 0 radical (unpaired) electrons. The summed E-state index contributed by atoms with van der Waals surface area (Å²) in [5, 5.41) is 0.508. The van der Waals surface area contributed by atoms with E-state index in [0.29, 0.717) is 17.5 Å². The monoisotopic (exact) mass is 488 g/mol. The van der Waals surface area contributed by atoms with Gasteiger partial charge in [0.1, 0.15) is 11.9 Å². The molecule has 8 nitrogen and oxygen atoms in total. The zero-order chi connectivity index (χ0) is 25.9. The average molecular weight is 489 g/mol. The normalized spacial score (nSPS) is 16.7. The molecule has 0 amide bonds. The quantitative estimate of drug-likeness (QED) is 0.439. The summed E-state index contributed by atoms with van der Waals surface area (Å²) in [6.07, 6.45) is -0.443. The molecule has 0 bridgehead atoms. The third-order valence-corrected chi connectivity index (χ3v) is 7.14. The summed E-state index contributed by atoms with van der Waals surface area (Å²) in [4.78, 5) is 28.8. The molecule has 0 fully saturated rings. The van der Waals surface area contributed by atoms with Crippen LogP contribution >= 0.6 is 0 Å². The Morgan fingerprint density at radius 1 is 0.972 bits per heavy atom. The largest absolute Gasteiger partial charge is 0.497 e. The third kappa shape index (κ3) is 3.47. The molecule has 0 aliphatic carbocycles. The first-order valence-corrected chi connectivity index (χ1v) is 11.9. The molecule has 0 unspecified atom stereocenters. The predicted octanol–water partition coefficient (Wildman–Crippen LogP) is 3.64. The van der Waals surface area contributed by atoms with Crippen molar-refractivity contribution in [1.29, 1.82) is 0 Å². The minimum absolute atomic E-state index is 0.321. The highest BCUT2D eigenvalue weighted by molar-refractivity contribution is 5.97. The fourth-order valence-corrected chi connectivity index (χ4v) is 5.22. The number of hydrogen-bond acceptors (Lipinski definition) is 5. The zero-order valence-electron chi connectivity index (χ0n) is 21.8. The minimum Gasteiger partial charge on any atom is -0.497 e. The Kier molecular flexibility index (Phi) is 5.59. The molecule has 0 N–H and O–H groups in total. The van der Waals surface area contributed by atoms with E-state index in [9.17, 15) is 9.59 Å². The van der Waals surface area contributed by atoms with Crippen molar-refractivity contribution in [2.75, 3.05) is 32.7 Å². The smallest absolute Gasteiger partial charge is 0.331 e. The van der Waals surface area contributed by atoms with E-state index in [2.05, 4.69) is 30.5 Å². The molecule has 0 saturated carbocycles. The van der Waals surface area contributed by atoms with Crippen molar-refractivity contribution in [3.8, 4) is 17.0 Å². The van der Waals surface area contributed by atoms with Crippen LogP contribution in [-0.4, -0.2) is 41.5 Å². The van der Waals surface area contributed by atoms with Gasteiger partial charge in [-0.2, -0.15) is 0 Å². The maximum Gasteiger partial charge on any atom is 0.331 e. The molecule has 1 aliphatic rings. The summed E-state index contributed by atoms with van der Waals surface area (Å²) in [6.45, 7) is 4.63. The highest BCUT2D eigenvalue weighted by Crippen LogP contribution is 2.45. The second kappa shape index (κ2) is 8.41. The molecule has 5 rings (SSSR count). The van der Waals surface area contributed by atoms with Gasteiger partial charge >= 0.3 is 5.69 Å². The Bertz CT molecular complexity index is 1570. The van der Waals surface area contributed by atoms with Gasteiger partial charge in [0, 0.05) is 33.9 Å². The zero-order valence-corrected chi connectivity index (χ0v) is 21.8. The van der Waals surface area contributed by atoms with E-state index < -0.39 is 11.6 Å². The van der Waals surface area contributed by atoms with Gasteiger partial charge in [-0.3, -0.25) is 13.9 Å². The van der Waals surface area contributed by atoms with Gasteiger partial charge in [-0.05, 0) is 61.4 Å². The van der Waals surface area contributed by atoms with Crippen LogP contribution in [0.25, 0.3) is 22.2 Å². The Morgan fingerprint density at radius 2 is 1.61 bits per heavy atom. The Labute approximate surface area is 209 Å². The fraction of sp³-hybridized carbons (Fsp3) is 0.357. The van der Waals surface area contributed by atoms with E-state index in [-0.39, 0.29) is 11.2 Å². The van der Waals surface area contributed by atoms with Crippen molar-refractivity contribution in [3.63, 3.8) is 0 Å². The van der Waals surface area contributed by atoms with Crippen LogP contribution in [-0.2, 0) is 24.4 Å².